The third-order valence-electron chi connectivity index (χ3n) is 1.54. The van der Waals surface area contributed by atoms with Crippen LogP contribution >= 0.6 is 0 Å². The molecule has 0 radical (unpaired) electrons. The molecule has 0 aromatic rings. The van der Waals surface area contributed by atoms with Gasteiger partial charge in [-0.15, -0.1) is 0 Å². The Labute approximate surface area is 84.4 Å². The minimum absolute atomic E-state index is 0.461. The highest BCUT2D eigenvalue weighted by molar-refractivity contribution is 7.83. The monoisotopic (exact) mass is 203 g/mol. The Balaban J connectivity index is 3.54. The van der Waals surface area contributed by atoms with Gasteiger partial charge in [-0.3, -0.25) is 0 Å². The molecule has 0 aliphatic carbocycles. The Hall–Kier alpha value is -0.180. The maximum absolute atomic E-state index is 11.2. The van der Waals surface area contributed by atoms with Gasteiger partial charge in [-0.1, -0.05) is 27.7 Å². The number of rotatable bonds is 6. The lowest BCUT2D eigenvalue weighted by Gasteiger charge is -2.00. The Morgan fingerprint density at radius 3 is 2.31 bits per heavy atom. The highest BCUT2D eigenvalue weighted by atomic mass is 32.2. The van der Waals surface area contributed by atoms with Gasteiger partial charge in [0.25, 0.3) is 0 Å². The molecule has 0 amide bonds. The fraction of sp³-hybridized carbons (Fsp3) is 0.900. The second-order valence-electron chi connectivity index (χ2n) is 4.14. The average Bonchev–Trinajstić information content (AvgIpc) is 1.96. The van der Waals surface area contributed by atoms with Crippen LogP contribution in [0.5, 0.6) is 0 Å². The molecule has 0 N–H and O–H groups in total. The molecule has 0 bridgehead atoms. The molecular weight excluding hydrogens is 182 g/mol. The molecular formula is C10H21NOS. The molecule has 1 unspecified atom stereocenters. The highest BCUT2D eigenvalue weighted by Gasteiger charge is 1.99. The summed E-state index contributed by atoms with van der Waals surface area (Å²) in [6.45, 7) is 8.47. The summed E-state index contributed by atoms with van der Waals surface area (Å²) in [6, 6.07) is 0. The zero-order valence-electron chi connectivity index (χ0n) is 9.12. The van der Waals surface area contributed by atoms with Crippen LogP contribution in [0, 0.1) is 11.8 Å². The van der Waals surface area contributed by atoms with Gasteiger partial charge in [0.15, 0.2) is 0 Å². The molecule has 0 saturated heterocycles. The topological polar surface area (TPSA) is 29.4 Å². The summed E-state index contributed by atoms with van der Waals surface area (Å²) in [5.41, 5.74) is 0. The van der Waals surface area contributed by atoms with E-state index >= 15 is 0 Å². The summed E-state index contributed by atoms with van der Waals surface area (Å²) in [5.74, 6) is 1.84. The van der Waals surface area contributed by atoms with Crippen molar-refractivity contribution in [1.82, 2.24) is 0 Å². The number of nitrogens with zero attached hydrogens (tertiary/aromatic N) is 1. The summed E-state index contributed by atoms with van der Waals surface area (Å²) in [7, 11) is -0.995. The summed E-state index contributed by atoms with van der Waals surface area (Å²) in [6.07, 6.45) is 3.88. The van der Waals surface area contributed by atoms with Gasteiger partial charge in [-0.05, 0) is 24.7 Å². The minimum Gasteiger partial charge on any atom is -0.235 e. The fourth-order valence-electron chi connectivity index (χ4n) is 0.872. The van der Waals surface area contributed by atoms with E-state index in [1.807, 2.05) is 0 Å². The second kappa shape index (κ2) is 7.25. The predicted molar refractivity (Wildman–Crippen MR) is 60.4 cm³/mol. The SMILES string of the molecule is CC(C)CCC=NS(=O)CC(C)C. The van der Waals surface area contributed by atoms with Gasteiger partial charge in [0.05, 0.1) is 0 Å². The predicted octanol–water partition coefficient (Wildman–Crippen LogP) is 2.81. The number of hydrogen-bond acceptors (Lipinski definition) is 1. The van der Waals surface area contributed by atoms with Gasteiger partial charge in [-0.2, -0.15) is 0 Å². The standard InChI is InChI=1S/C10H21NOS/c1-9(2)6-5-7-11-13(12)8-10(3)4/h7,9-10H,5-6,8H2,1-4H3. The molecule has 0 fully saturated rings. The molecule has 0 saturated carbocycles. The van der Waals surface area contributed by atoms with Crippen molar-refractivity contribution in [2.75, 3.05) is 5.75 Å². The summed E-state index contributed by atoms with van der Waals surface area (Å²) >= 11 is 0. The van der Waals surface area contributed by atoms with Gasteiger partial charge in [0, 0.05) is 12.0 Å². The lowest BCUT2D eigenvalue weighted by molar-refractivity contribution is 0.606. The largest absolute Gasteiger partial charge is 0.235 e. The smallest absolute Gasteiger partial charge is 0.139 e. The van der Waals surface area contributed by atoms with E-state index in [0.29, 0.717) is 17.6 Å². The van der Waals surface area contributed by atoms with Gasteiger partial charge in [0.1, 0.15) is 11.0 Å². The molecule has 1 atom stereocenters. The Morgan fingerprint density at radius 1 is 1.23 bits per heavy atom. The third kappa shape index (κ3) is 9.74. The van der Waals surface area contributed by atoms with Crippen LogP contribution in [0.2, 0.25) is 0 Å². The normalized spacial score (nSPS) is 14.6. The molecule has 0 aromatic heterocycles. The van der Waals surface area contributed by atoms with Crippen molar-refractivity contribution < 1.29 is 4.21 Å². The van der Waals surface area contributed by atoms with Crippen LogP contribution in [0.1, 0.15) is 40.5 Å². The lowest BCUT2D eigenvalue weighted by Crippen LogP contribution is -2.01. The van der Waals surface area contributed by atoms with Crippen molar-refractivity contribution in [2.24, 2.45) is 16.2 Å². The van der Waals surface area contributed by atoms with Crippen molar-refractivity contribution in [2.45, 2.75) is 40.5 Å². The highest BCUT2D eigenvalue weighted by Crippen LogP contribution is 2.02. The molecule has 0 aliphatic rings. The van der Waals surface area contributed by atoms with Crippen LogP contribution < -0.4 is 0 Å². The first-order valence-electron chi connectivity index (χ1n) is 4.93. The third-order valence-corrected chi connectivity index (χ3v) is 2.88. The quantitative estimate of drug-likeness (QED) is 0.610. The summed E-state index contributed by atoms with van der Waals surface area (Å²) < 4.78 is 15.2. The van der Waals surface area contributed by atoms with E-state index in [2.05, 4.69) is 32.1 Å². The van der Waals surface area contributed by atoms with Crippen molar-refractivity contribution in [3.05, 3.63) is 0 Å². The van der Waals surface area contributed by atoms with Crippen LogP contribution in [0.15, 0.2) is 4.40 Å². The molecule has 3 heteroatoms. The van der Waals surface area contributed by atoms with Gasteiger partial charge in [-0.25, -0.2) is 8.61 Å². The van der Waals surface area contributed by atoms with E-state index in [1.165, 1.54) is 0 Å². The maximum Gasteiger partial charge on any atom is 0.139 e. The fourth-order valence-corrected chi connectivity index (χ4v) is 1.80. The molecule has 78 valence electrons. The van der Waals surface area contributed by atoms with Crippen LogP contribution in [0.4, 0.5) is 0 Å². The molecule has 2 nitrogen and oxygen atoms in total. The first kappa shape index (κ1) is 12.8. The zero-order chi connectivity index (χ0) is 10.3. The second-order valence-corrected chi connectivity index (χ2v) is 5.33. The maximum atomic E-state index is 11.2. The Bertz CT molecular complexity index is 176. The van der Waals surface area contributed by atoms with Crippen LogP contribution in [0.25, 0.3) is 0 Å². The van der Waals surface area contributed by atoms with Crippen molar-refractivity contribution in [3.63, 3.8) is 0 Å². The molecule has 0 aliphatic heterocycles. The van der Waals surface area contributed by atoms with Gasteiger partial charge >= 0.3 is 0 Å². The van der Waals surface area contributed by atoms with Crippen molar-refractivity contribution in [3.8, 4) is 0 Å². The minimum atomic E-state index is -0.995. The van der Waals surface area contributed by atoms with Crippen LogP contribution in [-0.4, -0.2) is 16.2 Å². The zero-order valence-corrected chi connectivity index (χ0v) is 9.93. The van der Waals surface area contributed by atoms with Crippen molar-refractivity contribution in [1.29, 1.82) is 0 Å². The van der Waals surface area contributed by atoms with Gasteiger partial charge < -0.3 is 0 Å². The van der Waals surface area contributed by atoms with Gasteiger partial charge in [0.2, 0.25) is 0 Å². The van der Waals surface area contributed by atoms with E-state index < -0.39 is 11.0 Å². The van der Waals surface area contributed by atoms with Crippen LogP contribution in [0.3, 0.4) is 0 Å². The van der Waals surface area contributed by atoms with Crippen LogP contribution in [-0.2, 0) is 11.0 Å². The first-order valence-corrected chi connectivity index (χ1v) is 6.21. The molecule has 0 rings (SSSR count). The molecule has 0 heterocycles. The van der Waals surface area contributed by atoms with Crippen molar-refractivity contribution >= 4 is 17.2 Å². The van der Waals surface area contributed by atoms with E-state index in [1.54, 1.807) is 6.21 Å². The average molecular weight is 203 g/mol. The number of hydrogen-bond donors (Lipinski definition) is 0. The molecule has 13 heavy (non-hydrogen) atoms. The summed E-state index contributed by atoms with van der Waals surface area (Å²) in [4.78, 5) is 0. The Morgan fingerprint density at radius 2 is 1.85 bits per heavy atom. The lowest BCUT2D eigenvalue weighted by atomic mass is 10.1. The molecule has 0 aromatic carbocycles. The van der Waals surface area contributed by atoms with E-state index in [-0.39, 0.29) is 0 Å². The van der Waals surface area contributed by atoms with E-state index in [4.69, 9.17) is 0 Å². The van der Waals surface area contributed by atoms with E-state index in [9.17, 15) is 4.21 Å². The first-order chi connectivity index (χ1) is 6.02. The van der Waals surface area contributed by atoms with E-state index in [0.717, 1.165) is 12.8 Å². The Kier molecular flexibility index (Phi) is 7.14. The summed E-state index contributed by atoms with van der Waals surface area (Å²) in [5, 5.41) is 0. The molecule has 0 spiro atoms.